The molecule has 5 N–H and O–H groups in total. The lowest BCUT2D eigenvalue weighted by atomic mass is 9.97. The molecule has 0 spiro atoms. The molecule has 0 unspecified atom stereocenters. The second kappa shape index (κ2) is 9.04. The van der Waals surface area contributed by atoms with Gasteiger partial charge in [0, 0.05) is 18.3 Å². The van der Waals surface area contributed by atoms with Gasteiger partial charge in [-0.15, -0.1) is 0 Å². The highest BCUT2D eigenvalue weighted by Gasteiger charge is 2.28. The number of aromatic nitrogens is 2. The largest absolute Gasteiger partial charge is 0.348 e. The second-order valence-corrected chi connectivity index (χ2v) is 5.69. The fourth-order valence-electron chi connectivity index (χ4n) is 2.04. The number of carbonyl (C=O) groups excluding carboxylic acids is 3. The van der Waals surface area contributed by atoms with Gasteiger partial charge in [0.25, 0.3) is 0 Å². The number of nitrogens with one attached hydrogen (secondary N) is 3. The predicted octanol–water partition coefficient (Wildman–Crippen LogP) is -0.486. The molecule has 2 amide bonds. The van der Waals surface area contributed by atoms with Crippen LogP contribution in [0.1, 0.15) is 32.9 Å². The molecule has 0 aromatic carbocycles. The molecule has 1 heterocycles. The van der Waals surface area contributed by atoms with Crippen LogP contribution in [-0.4, -0.2) is 46.2 Å². The van der Waals surface area contributed by atoms with Crippen molar-refractivity contribution in [1.29, 1.82) is 0 Å². The van der Waals surface area contributed by atoms with E-state index < -0.39 is 24.0 Å². The quantitative estimate of drug-likeness (QED) is 0.456. The lowest BCUT2D eigenvalue weighted by Gasteiger charge is -2.25. The Labute approximate surface area is 135 Å². The molecule has 0 aliphatic heterocycles. The minimum absolute atomic E-state index is 0.0860. The van der Waals surface area contributed by atoms with E-state index in [1.54, 1.807) is 13.1 Å². The van der Waals surface area contributed by atoms with Gasteiger partial charge in [0.15, 0.2) is 0 Å². The zero-order valence-electron chi connectivity index (χ0n) is 13.7. The fraction of sp³-hybridized carbons (Fsp3) is 0.600. The van der Waals surface area contributed by atoms with Gasteiger partial charge in [-0.3, -0.25) is 9.59 Å². The van der Waals surface area contributed by atoms with Crippen molar-refractivity contribution in [3.63, 3.8) is 0 Å². The number of carbonyl (C=O) groups is 3. The van der Waals surface area contributed by atoms with Crippen LogP contribution in [0.4, 0.5) is 0 Å². The molecule has 0 bridgehead atoms. The van der Waals surface area contributed by atoms with Crippen LogP contribution in [-0.2, 0) is 20.8 Å². The molecule has 8 heteroatoms. The number of hydrogen-bond donors (Lipinski definition) is 4. The van der Waals surface area contributed by atoms with Crippen molar-refractivity contribution in [2.45, 2.75) is 51.7 Å². The van der Waals surface area contributed by atoms with Gasteiger partial charge in [0.2, 0.25) is 11.8 Å². The highest BCUT2D eigenvalue weighted by Crippen LogP contribution is 2.09. The van der Waals surface area contributed by atoms with Crippen LogP contribution in [0.5, 0.6) is 0 Å². The van der Waals surface area contributed by atoms with Gasteiger partial charge >= 0.3 is 0 Å². The van der Waals surface area contributed by atoms with Crippen LogP contribution in [0.2, 0.25) is 0 Å². The first-order chi connectivity index (χ1) is 10.9. The zero-order chi connectivity index (χ0) is 17.4. The van der Waals surface area contributed by atoms with Crippen LogP contribution in [0.25, 0.3) is 0 Å². The van der Waals surface area contributed by atoms with Gasteiger partial charge in [0.1, 0.15) is 12.3 Å². The van der Waals surface area contributed by atoms with Crippen molar-refractivity contribution in [3.8, 4) is 0 Å². The summed E-state index contributed by atoms with van der Waals surface area (Å²) in [6.07, 6.45) is 4.74. The van der Waals surface area contributed by atoms with E-state index in [0.717, 1.165) is 5.69 Å². The Morgan fingerprint density at radius 1 is 1.35 bits per heavy atom. The summed E-state index contributed by atoms with van der Waals surface area (Å²) in [7, 11) is 0. The van der Waals surface area contributed by atoms with Crippen molar-refractivity contribution in [2.24, 2.45) is 11.7 Å². The number of aldehydes is 1. The molecule has 128 valence electrons. The monoisotopic (exact) mass is 323 g/mol. The predicted molar refractivity (Wildman–Crippen MR) is 85.3 cm³/mol. The molecule has 0 radical (unpaired) electrons. The standard InChI is InChI=1S/C15H25N5O3/c1-4-9(2)13(15(23)19-10(3)7-21)20-14(22)12(16)5-11-6-17-8-18-11/h6-10,12-13H,4-5,16H2,1-3H3,(H,17,18)(H,19,23)(H,20,22)/t9-,10-,12-,13-/m0/s1. The second-order valence-electron chi connectivity index (χ2n) is 5.69. The number of amides is 2. The maximum absolute atomic E-state index is 12.2. The average molecular weight is 323 g/mol. The van der Waals surface area contributed by atoms with Crippen molar-refractivity contribution in [2.75, 3.05) is 0 Å². The van der Waals surface area contributed by atoms with Crippen LogP contribution < -0.4 is 16.4 Å². The number of imidazole rings is 1. The number of nitrogens with two attached hydrogens (primary N) is 1. The zero-order valence-corrected chi connectivity index (χ0v) is 13.7. The Hall–Kier alpha value is -2.22. The average Bonchev–Trinajstić information content (AvgIpc) is 3.03. The molecule has 23 heavy (non-hydrogen) atoms. The first-order valence-corrected chi connectivity index (χ1v) is 7.67. The molecule has 4 atom stereocenters. The Morgan fingerprint density at radius 3 is 2.57 bits per heavy atom. The Bertz CT molecular complexity index is 517. The van der Waals surface area contributed by atoms with Gasteiger partial charge in [-0.25, -0.2) is 4.98 Å². The van der Waals surface area contributed by atoms with Gasteiger partial charge in [0.05, 0.1) is 18.4 Å². The Balaban J connectivity index is 2.69. The third-order valence-corrected chi connectivity index (χ3v) is 3.70. The summed E-state index contributed by atoms with van der Waals surface area (Å²) in [5.41, 5.74) is 6.62. The summed E-state index contributed by atoms with van der Waals surface area (Å²) in [6, 6.07) is -2.13. The molecule has 0 saturated heterocycles. The maximum Gasteiger partial charge on any atom is 0.243 e. The lowest BCUT2D eigenvalue weighted by Crippen LogP contribution is -2.55. The first kappa shape index (κ1) is 18.8. The smallest absolute Gasteiger partial charge is 0.243 e. The van der Waals surface area contributed by atoms with E-state index in [1.165, 1.54) is 6.33 Å². The molecule has 1 aromatic heterocycles. The normalized spacial score (nSPS) is 16.0. The van der Waals surface area contributed by atoms with E-state index in [1.807, 2.05) is 13.8 Å². The maximum atomic E-state index is 12.2. The first-order valence-electron chi connectivity index (χ1n) is 7.67. The van der Waals surface area contributed by atoms with Crippen LogP contribution in [0.3, 0.4) is 0 Å². The third-order valence-electron chi connectivity index (χ3n) is 3.70. The van der Waals surface area contributed by atoms with E-state index in [4.69, 9.17) is 5.73 Å². The highest BCUT2D eigenvalue weighted by atomic mass is 16.2. The molecule has 0 saturated carbocycles. The Kier molecular flexibility index (Phi) is 7.40. The summed E-state index contributed by atoms with van der Waals surface area (Å²) >= 11 is 0. The van der Waals surface area contributed by atoms with Gasteiger partial charge in [-0.05, 0) is 12.8 Å². The van der Waals surface area contributed by atoms with Gasteiger partial charge in [-0.1, -0.05) is 20.3 Å². The summed E-state index contributed by atoms with van der Waals surface area (Å²) in [4.78, 5) is 41.9. The number of hydrogen-bond acceptors (Lipinski definition) is 5. The molecule has 0 aliphatic carbocycles. The molecular formula is C15H25N5O3. The van der Waals surface area contributed by atoms with Gasteiger partial charge < -0.3 is 26.1 Å². The van der Waals surface area contributed by atoms with E-state index in [0.29, 0.717) is 19.1 Å². The van der Waals surface area contributed by atoms with Crippen molar-refractivity contribution < 1.29 is 14.4 Å². The fourth-order valence-corrected chi connectivity index (χ4v) is 2.04. The topological polar surface area (TPSA) is 130 Å². The summed E-state index contributed by atoms with van der Waals surface area (Å²) in [5.74, 6) is -0.892. The Morgan fingerprint density at radius 2 is 2.04 bits per heavy atom. The molecule has 1 rings (SSSR count). The van der Waals surface area contributed by atoms with Crippen molar-refractivity contribution >= 4 is 18.1 Å². The SMILES string of the molecule is CC[C@H](C)[C@H](NC(=O)[C@@H](N)Cc1cnc[nH]1)C(=O)N[C@@H](C)C=O. The molecule has 8 nitrogen and oxygen atoms in total. The number of H-pyrrole nitrogens is 1. The summed E-state index contributed by atoms with van der Waals surface area (Å²) < 4.78 is 0. The lowest BCUT2D eigenvalue weighted by molar-refractivity contribution is -0.131. The van der Waals surface area contributed by atoms with E-state index >= 15 is 0 Å². The van der Waals surface area contributed by atoms with Gasteiger partial charge in [-0.2, -0.15) is 0 Å². The molecular weight excluding hydrogens is 298 g/mol. The van der Waals surface area contributed by atoms with Crippen LogP contribution in [0, 0.1) is 5.92 Å². The molecule has 1 aromatic rings. The van der Waals surface area contributed by atoms with Crippen LogP contribution in [0.15, 0.2) is 12.5 Å². The van der Waals surface area contributed by atoms with Crippen molar-refractivity contribution in [1.82, 2.24) is 20.6 Å². The van der Waals surface area contributed by atoms with Crippen LogP contribution >= 0.6 is 0 Å². The third kappa shape index (κ3) is 5.82. The minimum Gasteiger partial charge on any atom is -0.348 e. The number of nitrogens with zero attached hydrogens (tertiary/aromatic N) is 1. The van der Waals surface area contributed by atoms with E-state index in [2.05, 4.69) is 20.6 Å². The number of rotatable bonds is 9. The van der Waals surface area contributed by atoms with E-state index in [9.17, 15) is 14.4 Å². The van der Waals surface area contributed by atoms with E-state index in [-0.39, 0.29) is 11.8 Å². The minimum atomic E-state index is -0.793. The molecule has 0 aliphatic rings. The highest BCUT2D eigenvalue weighted by molar-refractivity contribution is 5.91. The summed E-state index contributed by atoms with van der Waals surface area (Å²) in [5, 5.41) is 5.24. The summed E-state index contributed by atoms with van der Waals surface area (Å²) in [6.45, 7) is 5.35. The van der Waals surface area contributed by atoms with Crippen molar-refractivity contribution in [3.05, 3.63) is 18.2 Å². The molecule has 0 fully saturated rings. The number of aromatic amines is 1.